The van der Waals surface area contributed by atoms with Crippen molar-refractivity contribution in [3.63, 3.8) is 0 Å². The maximum absolute atomic E-state index is 13.1. The van der Waals surface area contributed by atoms with Gasteiger partial charge in [0.25, 0.3) is 0 Å². The predicted molar refractivity (Wildman–Crippen MR) is 98.8 cm³/mol. The fraction of sp³-hybridized carbons (Fsp3) is 0.571. The number of aliphatic hydroxyl groups is 1. The van der Waals surface area contributed by atoms with E-state index in [-0.39, 0.29) is 17.8 Å². The second kappa shape index (κ2) is 5.11. The molecular formula is C21H26N2O3. The third-order valence-electron chi connectivity index (χ3n) is 7.72. The summed E-state index contributed by atoms with van der Waals surface area (Å²) in [5, 5.41) is 11.5. The summed E-state index contributed by atoms with van der Waals surface area (Å²) < 4.78 is 5.34. The maximum atomic E-state index is 13.1. The minimum atomic E-state index is -0.573. The van der Waals surface area contributed by atoms with Gasteiger partial charge in [-0.2, -0.15) is 0 Å². The number of carbonyl (C=O) groups excluding carboxylic acids is 1. The summed E-state index contributed by atoms with van der Waals surface area (Å²) in [4.78, 5) is 17.8. The van der Waals surface area contributed by atoms with Crippen LogP contribution in [0.4, 0.5) is 5.69 Å². The largest absolute Gasteiger partial charge is 0.469 e. The van der Waals surface area contributed by atoms with Crippen LogP contribution < -0.4 is 4.90 Å². The highest BCUT2D eigenvalue weighted by atomic mass is 16.5. The van der Waals surface area contributed by atoms with Gasteiger partial charge in [-0.25, -0.2) is 0 Å². The van der Waals surface area contributed by atoms with Gasteiger partial charge in [-0.15, -0.1) is 0 Å². The van der Waals surface area contributed by atoms with Crippen molar-refractivity contribution in [3.8, 4) is 0 Å². The standard InChI is InChI=1S/C21H26N2O3/c1-4-13-12-23-10-9-20-15-7-5-6-8-16(15)22(2)21(20,23)17(24)11-14(13)18(20)19(25)26-3/h4-8,14,17-18,24H,9-12H2,1-3H3. The summed E-state index contributed by atoms with van der Waals surface area (Å²) in [5.74, 6) is -0.374. The van der Waals surface area contributed by atoms with Crippen molar-refractivity contribution in [3.05, 3.63) is 41.5 Å². The average molecular weight is 354 g/mol. The molecule has 4 fully saturated rings. The monoisotopic (exact) mass is 354 g/mol. The number of anilines is 1. The van der Waals surface area contributed by atoms with Gasteiger partial charge in [0.1, 0.15) is 5.66 Å². The lowest BCUT2D eigenvalue weighted by molar-refractivity contribution is -0.159. The second-order valence-electron chi connectivity index (χ2n) is 8.17. The normalized spacial score (nSPS) is 44.0. The molecule has 4 bridgehead atoms. The molecule has 1 aromatic carbocycles. The van der Waals surface area contributed by atoms with Crippen LogP contribution in [-0.4, -0.2) is 55.0 Å². The van der Waals surface area contributed by atoms with Crippen molar-refractivity contribution in [2.75, 3.05) is 32.1 Å². The van der Waals surface area contributed by atoms with Crippen LogP contribution in [0.3, 0.4) is 0 Å². The fourth-order valence-electron chi connectivity index (χ4n) is 6.99. The molecule has 26 heavy (non-hydrogen) atoms. The number of methoxy groups -OCH3 is 1. The Labute approximate surface area is 154 Å². The van der Waals surface area contributed by atoms with E-state index >= 15 is 0 Å². The number of nitrogens with zero attached hydrogens (tertiary/aromatic N) is 2. The lowest BCUT2D eigenvalue weighted by atomic mass is 9.53. The summed E-state index contributed by atoms with van der Waals surface area (Å²) in [6.07, 6.45) is 3.12. The molecule has 138 valence electrons. The van der Waals surface area contributed by atoms with E-state index in [4.69, 9.17) is 4.74 Å². The van der Waals surface area contributed by atoms with Crippen molar-refractivity contribution in [1.29, 1.82) is 0 Å². The molecule has 5 nitrogen and oxygen atoms in total. The van der Waals surface area contributed by atoms with Gasteiger partial charge < -0.3 is 14.7 Å². The molecule has 0 aromatic heterocycles. The van der Waals surface area contributed by atoms with Crippen molar-refractivity contribution in [1.82, 2.24) is 4.90 Å². The SMILES string of the molecule is CC=C1CN2CCC34c5ccccc5N(C)C23C(O)CC1C4C(=O)OC. The third kappa shape index (κ3) is 1.47. The third-order valence-corrected chi connectivity index (χ3v) is 7.72. The number of ether oxygens (including phenoxy) is 1. The Kier molecular flexibility index (Phi) is 3.21. The van der Waals surface area contributed by atoms with Gasteiger partial charge in [0.2, 0.25) is 0 Å². The topological polar surface area (TPSA) is 53.0 Å². The van der Waals surface area contributed by atoms with E-state index in [0.29, 0.717) is 6.42 Å². The highest BCUT2D eigenvalue weighted by molar-refractivity contribution is 5.82. The van der Waals surface area contributed by atoms with E-state index in [9.17, 15) is 9.90 Å². The number of para-hydroxylation sites is 1. The van der Waals surface area contributed by atoms with Gasteiger partial charge >= 0.3 is 5.97 Å². The van der Waals surface area contributed by atoms with Crippen LogP contribution in [0.15, 0.2) is 35.9 Å². The molecule has 1 aromatic rings. The number of esters is 1. The Morgan fingerprint density at radius 1 is 1.38 bits per heavy atom. The zero-order valence-electron chi connectivity index (χ0n) is 15.6. The van der Waals surface area contributed by atoms with Gasteiger partial charge in [-0.3, -0.25) is 9.69 Å². The molecule has 5 aliphatic rings. The minimum absolute atomic E-state index is 0.0282. The van der Waals surface area contributed by atoms with E-state index < -0.39 is 17.2 Å². The maximum Gasteiger partial charge on any atom is 0.310 e. The molecule has 1 spiro atoms. The van der Waals surface area contributed by atoms with E-state index in [1.807, 2.05) is 13.0 Å². The lowest BCUT2D eigenvalue weighted by Crippen LogP contribution is -2.73. The molecule has 3 saturated heterocycles. The van der Waals surface area contributed by atoms with Crippen LogP contribution in [0, 0.1) is 11.8 Å². The number of benzene rings is 1. The molecule has 1 aliphatic carbocycles. The van der Waals surface area contributed by atoms with Crippen molar-refractivity contribution < 1.29 is 14.6 Å². The van der Waals surface area contributed by atoms with Crippen molar-refractivity contribution in [2.45, 2.75) is 36.9 Å². The van der Waals surface area contributed by atoms with Gasteiger partial charge in [-0.1, -0.05) is 29.8 Å². The summed E-state index contributed by atoms with van der Waals surface area (Å²) in [6, 6.07) is 8.37. The molecular weight excluding hydrogens is 328 g/mol. The molecule has 6 atom stereocenters. The van der Waals surface area contributed by atoms with Crippen LogP contribution >= 0.6 is 0 Å². The minimum Gasteiger partial charge on any atom is -0.469 e. The smallest absolute Gasteiger partial charge is 0.310 e. The van der Waals surface area contributed by atoms with E-state index in [0.717, 1.165) is 25.2 Å². The zero-order chi connectivity index (χ0) is 18.3. The van der Waals surface area contributed by atoms with Gasteiger partial charge in [0.15, 0.2) is 0 Å². The first kappa shape index (κ1) is 16.3. The molecule has 0 amide bonds. The van der Waals surface area contributed by atoms with Crippen LogP contribution in [-0.2, 0) is 14.9 Å². The van der Waals surface area contributed by atoms with Crippen molar-refractivity contribution in [2.24, 2.45) is 11.8 Å². The van der Waals surface area contributed by atoms with E-state index in [1.165, 1.54) is 18.2 Å². The van der Waals surface area contributed by atoms with Crippen LogP contribution in [0.5, 0.6) is 0 Å². The zero-order valence-corrected chi connectivity index (χ0v) is 15.6. The Morgan fingerprint density at radius 2 is 2.15 bits per heavy atom. The van der Waals surface area contributed by atoms with E-state index in [2.05, 4.69) is 41.1 Å². The van der Waals surface area contributed by atoms with Crippen LogP contribution in [0.2, 0.25) is 0 Å². The molecule has 4 aliphatic heterocycles. The lowest BCUT2D eigenvalue weighted by Gasteiger charge is -2.56. The summed E-state index contributed by atoms with van der Waals surface area (Å²) in [6.45, 7) is 3.74. The molecule has 5 heteroatoms. The second-order valence-corrected chi connectivity index (χ2v) is 8.17. The Balaban J connectivity index is 1.88. The first-order valence-electron chi connectivity index (χ1n) is 9.53. The molecule has 6 rings (SSSR count). The Hall–Kier alpha value is -1.85. The number of likely N-dealkylation sites (N-methyl/N-ethyl adjacent to an activating group) is 1. The number of aliphatic hydroxyl groups excluding tert-OH is 1. The molecule has 6 unspecified atom stereocenters. The average Bonchev–Trinajstić information content (AvgIpc) is 3.03. The summed E-state index contributed by atoms with van der Waals surface area (Å²) in [7, 11) is 3.57. The first-order chi connectivity index (χ1) is 12.5. The van der Waals surface area contributed by atoms with Gasteiger partial charge in [0, 0.05) is 25.8 Å². The first-order valence-corrected chi connectivity index (χ1v) is 9.53. The Morgan fingerprint density at radius 3 is 2.88 bits per heavy atom. The van der Waals surface area contributed by atoms with Gasteiger partial charge in [0.05, 0.1) is 24.5 Å². The van der Waals surface area contributed by atoms with Gasteiger partial charge in [-0.05, 0) is 37.3 Å². The molecule has 0 radical (unpaired) electrons. The van der Waals surface area contributed by atoms with Crippen LogP contribution in [0.1, 0.15) is 25.3 Å². The number of rotatable bonds is 1. The number of hydrogen-bond acceptors (Lipinski definition) is 5. The van der Waals surface area contributed by atoms with E-state index in [1.54, 1.807) is 0 Å². The number of fused-ring (bicyclic) bond motifs is 3. The van der Waals surface area contributed by atoms with Crippen molar-refractivity contribution >= 4 is 11.7 Å². The molecule has 1 saturated carbocycles. The quantitative estimate of drug-likeness (QED) is 0.617. The summed E-state index contributed by atoms with van der Waals surface area (Å²) in [5.41, 5.74) is 2.59. The number of hydrogen-bond donors (Lipinski definition) is 1. The Bertz CT molecular complexity index is 821. The van der Waals surface area contributed by atoms with Crippen LogP contribution in [0.25, 0.3) is 0 Å². The molecule has 4 heterocycles. The number of allylic oxidation sites excluding steroid dienone is 1. The molecule has 1 N–H and O–H groups in total. The highest BCUT2D eigenvalue weighted by Crippen LogP contribution is 2.69. The highest BCUT2D eigenvalue weighted by Gasteiger charge is 2.78. The summed E-state index contributed by atoms with van der Waals surface area (Å²) >= 11 is 0. The number of carbonyl (C=O) groups is 1. The fourth-order valence-corrected chi connectivity index (χ4v) is 6.99. The predicted octanol–water partition coefficient (Wildman–Crippen LogP) is 1.91.